The number of hydrogen-bond acceptors (Lipinski definition) is 7. The second-order valence-corrected chi connectivity index (χ2v) is 7.09. The van der Waals surface area contributed by atoms with Gasteiger partial charge in [0.2, 0.25) is 17.7 Å². The molecule has 0 unspecified atom stereocenters. The zero-order valence-electron chi connectivity index (χ0n) is 18.3. The van der Waals surface area contributed by atoms with E-state index in [1.807, 2.05) is 0 Å². The van der Waals surface area contributed by atoms with Crippen LogP contribution in [0, 0.1) is 19.7 Å². The van der Waals surface area contributed by atoms with Crippen LogP contribution in [-0.2, 0) is 11.0 Å². The lowest BCUT2D eigenvalue weighted by atomic mass is 10.1. The van der Waals surface area contributed by atoms with E-state index in [0.717, 1.165) is 12.1 Å². The van der Waals surface area contributed by atoms with Crippen LogP contribution >= 0.6 is 0 Å². The summed E-state index contributed by atoms with van der Waals surface area (Å²) in [6.07, 6.45) is -1.74. The highest BCUT2D eigenvalue weighted by atomic mass is 19.4. The van der Waals surface area contributed by atoms with Crippen LogP contribution < -0.4 is 20.7 Å². The first kappa shape index (κ1) is 24.4. The van der Waals surface area contributed by atoms with Gasteiger partial charge in [0, 0.05) is 18.5 Å². The number of amides is 1. The zero-order valence-corrected chi connectivity index (χ0v) is 18.3. The summed E-state index contributed by atoms with van der Waals surface area (Å²) in [7, 11) is 1.42. The van der Waals surface area contributed by atoms with Crippen LogP contribution in [0.1, 0.15) is 16.7 Å². The maximum Gasteiger partial charge on any atom is 0.421 e. The molecule has 34 heavy (non-hydrogen) atoms. The molecule has 2 aromatic heterocycles. The van der Waals surface area contributed by atoms with Gasteiger partial charge in [0.05, 0.1) is 24.2 Å². The summed E-state index contributed by atoms with van der Waals surface area (Å²) in [6, 6.07) is 3.77. The van der Waals surface area contributed by atoms with Crippen molar-refractivity contribution in [1.82, 2.24) is 15.0 Å². The van der Waals surface area contributed by atoms with E-state index < -0.39 is 29.3 Å². The number of nitrogens with zero attached hydrogens (tertiary/aromatic N) is 3. The van der Waals surface area contributed by atoms with E-state index in [0.29, 0.717) is 17.4 Å². The fraction of sp³-hybridized carbons (Fsp3) is 0.182. The summed E-state index contributed by atoms with van der Waals surface area (Å²) < 4.78 is 60.3. The molecule has 0 saturated heterocycles. The van der Waals surface area contributed by atoms with Gasteiger partial charge in [0.1, 0.15) is 17.2 Å². The number of carbonyl (C=O) groups is 1. The fourth-order valence-corrected chi connectivity index (χ4v) is 2.82. The van der Waals surface area contributed by atoms with Gasteiger partial charge in [-0.05, 0) is 43.2 Å². The molecule has 1 aromatic carbocycles. The molecule has 3 N–H and O–H groups in total. The second kappa shape index (κ2) is 9.73. The van der Waals surface area contributed by atoms with Crippen molar-refractivity contribution in [3.63, 3.8) is 0 Å². The van der Waals surface area contributed by atoms with Gasteiger partial charge in [0.15, 0.2) is 0 Å². The maximum atomic E-state index is 14.2. The number of halogens is 4. The third-order valence-corrected chi connectivity index (χ3v) is 4.62. The van der Waals surface area contributed by atoms with E-state index in [-0.39, 0.29) is 28.8 Å². The van der Waals surface area contributed by atoms with Crippen molar-refractivity contribution in [3.8, 4) is 5.88 Å². The van der Waals surface area contributed by atoms with Crippen molar-refractivity contribution in [2.24, 2.45) is 0 Å². The minimum absolute atomic E-state index is 0.0414. The van der Waals surface area contributed by atoms with E-state index in [1.54, 1.807) is 6.92 Å². The Hall–Kier alpha value is -4.22. The molecule has 3 rings (SSSR count). The molecule has 0 atom stereocenters. The maximum absolute atomic E-state index is 14.2. The summed E-state index contributed by atoms with van der Waals surface area (Å²) in [4.78, 5) is 23.5. The highest BCUT2D eigenvalue weighted by Gasteiger charge is 2.35. The third kappa shape index (κ3) is 5.57. The van der Waals surface area contributed by atoms with Crippen LogP contribution in [0.15, 0.2) is 43.2 Å². The highest BCUT2D eigenvalue weighted by Crippen LogP contribution is 2.37. The molecule has 8 nitrogen and oxygen atoms in total. The van der Waals surface area contributed by atoms with E-state index in [9.17, 15) is 22.4 Å². The van der Waals surface area contributed by atoms with Gasteiger partial charge in [-0.15, -0.1) is 0 Å². The van der Waals surface area contributed by atoms with Gasteiger partial charge in [0.25, 0.3) is 0 Å². The van der Waals surface area contributed by atoms with Crippen molar-refractivity contribution in [2.75, 3.05) is 23.1 Å². The SMILES string of the molecule is C=CC(=O)Nc1cc(C)c(F)cc1Nc1nc(Nc2cc(OC)ncc2C)ncc1C(F)(F)F. The Kier molecular flexibility index (Phi) is 6.99. The van der Waals surface area contributed by atoms with Gasteiger partial charge in [-0.25, -0.2) is 14.4 Å². The Morgan fingerprint density at radius 1 is 1.03 bits per heavy atom. The smallest absolute Gasteiger partial charge is 0.421 e. The van der Waals surface area contributed by atoms with Crippen LogP contribution in [0.5, 0.6) is 5.88 Å². The largest absolute Gasteiger partial charge is 0.481 e. The van der Waals surface area contributed by atoms with E-state index in [4.69, 9.17) is 4.74 Å². The Morgan fingerprint density at radius 3 is 2.41 bits per heavy atom. The molecule has 12 heteroatoms. The van der Waals surface area contributed by atoms with Gasteiger partial charge in [-0.3, -0.25) is 4.79 Å². The van der Waals surface area contributed by atoms with Crippen molar-refractivity contribution in [2.45, 2.75) is 20.0 Å². The molecule has 0 aliphatic rings. The molecule has 0 bridgehead atoms. The Morgan fingerprint density at radius 2 is 1.76 bits per heavy atom. The molecule has 178 valence electrons. The number of aromatic nitrogens is 3. The molecule has 1 amide bonds. The zero-order chi connectivity index (χ0) is 25.0. The number of pyridine rings is 1. The Balaban J connectivity index is 2.06. The number of rotatable bonds is 7. The number of hydrogen-bond donors (Lipinski definition) is 3. The number of ether oxygens (including phenoxy) is 1. The molecule has 0 spiro atoms. The van der Waals surface area contributed by atoms with Crippen LogP contribution in [0.2, 0.25) is 0 Å². The molecule has 0 aliphatic carbocycles. The first-order valence-electron chi connectivity index (χ1n) is 9.74. The topological polar surface area (TPSA) is 101 Å². The lowest BCUT2D eigenvalue weighted by Crippen LogP contribution is -2.14. The normalized spacial score (nSPS) is 11.0. The van der Waals surface area contributed by atoms with Crippen molar-refractivity contribution < 1.29 is 27.1 Å². The molecule has 0 aliphatic heterocycles. The minimum Gasteiger partial charge on any atom is -0.481 e. The summed E-state index contributed by atoms with van der Waals surface area (Å²) in [5.74, 6) is -1.87. The number of nitrogens with one attached hydrogen (secondary N) is 3. The van der Waals surface area contributed by atoms with Crippen molar-refractivity contribution in [1.29, 1.82) is 0 Å². The fourth-order valence-electron chi connectivity index (χ4n) is 2.82. The summed E-state index contributed by atoms with van der Waals surface area (Å²) in [5, 5.41) is 7.73. The van der Waals surface area contributed by atoms with Crippen LogP contribution in [-0.4, -0.2) is 28.0 Å². The first-order chi connectivity index (χ1) is 16.0. The summed E-state index contributed by atoms with van der Waals surface area (Å²) in [6.45, 7) is 6.50. The van der Waals surface area contributed by atoms with Crippen LogP contribution in [0.25, 0.3) is 0 Å². The van der Waals surface area contributed by atoms with Gasteiger partial charge in [-0.1, -0.05) is 6.58 Å². The number of methoxy groups -OCH3 is 1. The van der Waals surface area contributed by atoms with Gasteiger partial charge < -0.3 is 20.7 Å². The highest BCUT2D eigenvalue weighted by molar-refractivity contribution is 6.01. The van der Waals surface area contributed by atoms with E-state index in [2.05, 4.69) is 37.5 Å². The number of aryl methyl sites for hydroxylation is 2. The lowest BCUT2D eigenvalue weighted by Gasteiger charge is -2.18. The number of alkyl halides is 3. The Labute approximate surface area is 192 Å². The molecule has 0 radical (unpaired) electrons. The van der Waals surface area contributed by atoms with E-state index in [1.165, 1.54) is 32.4 Å². The quantitative estimate of drug-likeness (QED) is 0.316. The van der Waals surface area contributed by atoms with Gasteiger partial charge >= 0.3 is 6.18 Å². The van der Waals surface area contributed by atoms with Crippen molar-refractivity contribution >= 4 is 34.7 Å². The molecular weight excluding hydrogens is 456 g/mol. The second-order valence-electron chi connectivity index (χ2n) is 7.09. The summed E-state index contributed by atoms with van der Waals surface area (Å²) in [5.41, 5.74) is -0.00106. The van der Waals surface area contributed by atoms with Crippen LogP contribution in [0.3, 0.4) is 0 Å². The standard InChI is InChI=1S/C22H20F4N6O2/c1-5-18(33)29-16-6-11(2)14(23)7-17(16)30-20-13(22(24,25)26)10-28-21(32-20)31-15-8-19(34-4)27-9-12(15)3/h5-10H,1H2,2-4H3,(H,29,33)(H2,27,28,30,31,32). The molecule has 2 heterocycles. The lowest BCUT2D eigenvalue weighted by molar-refractivity contribution is -0.137. The molecule has 0 saturated carbocycles. The predicted octanol–water partition coefficient (Wildman–Crippen LogP) is 5.27. The molecule has 0 fully saturated rings. The number of anilines is 5. The van der Waals surface area contributed by atoms with Crippen molar-refractivity contribution in [3.05, 3.63) is 65.8 Å². The monoisotopic (exact) mass is 476 g/mol. The molecule has 3 aromatic rings. The Bertz CT molecular complexity index is 1250. The number of carbonyl (C=O) groups excluding carboxylic acids is 1. The molecular formula is C22H20F4N6O2. The number of benzene rings is 1. The first-order valence-corrected chi connectivity index (χ1v) is 9.74. The van der Waals surface area contributed by atoms with Gasteiger partial charge in [-0.2, -0.15) is 18.2 Å². The summed E-state index contributed by atoms with van der Waals surface area (Å²) >= 11 is 0. The predicted molar refractivity (Wildman–Crippen MR) is 119 cm³/mol. The van der Waals surface area contributed by atoms with E-state index >= 15 is 0 Å². The average molecular weight is 476 g/mol. The third-order valence-electron chi connectivity index (χ3n) is 4.62. The van der Waals surface area contributed by atoms with Crippen LogP contribution in [0.4, 0.5) is 46.4 Å². The minimum atomic E-state index is -4.82. The average Bonchev–Trinajstić information content (AvgIpc) is 2.78.